The third kappa shape index (κ3) is 3.82. The molecule has 1 heteroatoms. The second-order valence-electron chi connectivity index (χ2n) is 4.59. The Balaban J connectivity index is 2.59. The maximum atomic E-state index is 3.39. The molecule has 78 valence electrons. The van der Waals surface area contributed by atoms with Crippen LogP contribution in [0.1, 0.15) is 33.3 Å². The minimum Gasteiger partial charge on any atom is -0.383 e. The zero-order valence-corrected chi connectivity index (χ0v) is 9.67. The summed E-state index contributed by atoms with van der Waals surface area (Å²) in [5.41, 5.74) is 2.64. The molecular formula is C13H21N. The average molecular weight is 191 g/mol. The quantitative estimate of drug-likeness (QED) is 0.765. The van der Waals surface area contributed by atoms with Gasteiger partial charge in [-0.05, 0) is 43.9 Å². The van der Waals surface area contributed by atoms with Crippen molar-refractivity contribution in [2.75, 3.05) is 5.32 Å². The van der Waals surface area contributed by atoms with Gasteiger partial charge in [0.1, 0.15) is 0 Å². The molecule has 1 N–H and O–H groups in total. The molecule has 0 saturated heterocycles. The van der Waals surface area contributed by atoms with Crippen molar-refractivity contribution in [1.82, 2.24) is 0 Å². The predicted octanol–water partition coefficient (Wildman–Crippen LogP) is 3.71. The fraction of sp³-hybridized carbons (Fsp3) is 0.538. The van der Waals surface area contributed by atoms with E-state index in [-0.39, 0.29) is 0 Å². The number of anilines is 1. The number of rotatable bonds is 4. The van der Waals surface area contributed by atoms with Crippen LogP contribution in [0.15, 0.2) is 24.3 Å². The van der Waals surface area contributed by atoms with Gasteiger partial charge in [-0.15, -0.1) is 0 Å². The van der Waals surface area contributed by atoms with Gasteiger partial charge < -0.3 is 5.32 Å². The fourth-order valence-electron chi connectivity index (χ4n) is 1.54. The predicted molar refractivity (Wildman–Crippen MR) is 63.7 cm³/mol. The highest BCUT2D eigenvalue weighted by atomic mass is 14.9. The second kappa shape index (κ2) is 5.04. The highest BCUT2D eigenvalue weighted by Gasteiger charge is 1.98. The Hall–Kier alpha value is -0.980. The summed E-state index contributed by atoms with van der Waals surface area (Å²) in [6, 6.07) is 9.26. The summed E-state index contributed by atoms with van der Waals surface area (Å²) in [6.07, 6.45) is 1.17. The third-order valence-electron chi connectivity index (χ3n) is 2.05. The minimum absolute atomic E-state index is 0.506. The summed E-state index contributed by atoms with van der Waals surface area (Å²) in [5, 5.41) is 3.39. The van der Waals surface area contributed by atoms with Crippen molar-refractivity contribution in [3.8, 4) is 0 Å². The molecule has 1 aromatic rings. The van der Waals surface area contributed by atoms with E-state index in [1.54, 1.807) is 0 Å². The SMILES string of the molecule is CC(C)Cc1ccc(NC(C)C)cc1. The normalized spacial score (nSPS) is 11.0. The number of benzene rings is 1. The summed E-state index contributed by atoms with van der Waals surface area (Å²) in [7, 11) is 0. The first-order valence-corrected chi connectivity index (χ1v) is 5.43. The lowest BCUT2D eigenvalue weighted by Gasteiger charge is -2.11. The van der Waals surface area contributed by atoms with Crippen molar-refractivity contribution in [2.45, 2.75) is 40.2 Å². The molecule has 0 saturated carbocycles. The number of hydrogen-bond donors (Lipinski definition) is 1. The summed E-state index contributed by atoms with van der Waals surface area (Å²) < 4.78 is 0. The zero-order chi connectivity index (χ0) is 10.6. The van der Waals surface area contributed by atoms with E-state index in [0.717, 1.165) is 5.92 Å². The zero-order valence-electron chi connectivity index (χ0n) is 9.67. The van der Waals surface area contributed by atoms with E-state index in [1.807, 2.05) is 0 Å². The van der Waals surface area contributed by atoms with Crippen molar-refractivity contribution in [3.05, 3.63) is 29.8 Å². The molecule has 0 aliphatic rings. The maximum Gasteiger partial charge on any atom is 0.0342 e. The molecule has 0 aromatic heterocycles. The van der Waals surface area contributed by atoms with E-state index in [0.29, 0.717) is 6.04 Å². The van der Waals surface area contributed by atoms with Crippen molar-refractivity contribution >= 4 is 5.69 Å². The standard InChI is InChI=1S/C13H21N/c1-10(2)9-12-5-7-13(8-6-12)14-11(3)4/h5-8,10-11,14H,9H2,1-4H3. The largest absolute Gasteiger partial charge is 0.383 e. The molecule has 0 radical (unpaired) electrons. The van der Waals surface area contributed by atoms with E-state index in [1.165, 1.54) is 17.7 Å². The lowest BCUT2D eigenvalue weighted by atomic mass is 10.0. The molecule has 0 fully saturated rings. The Morgan fingerprint density at radius 3 is 2.00 bits per heavy atom. The van der Waals surface area contributed by atoms with Gasteiger partial charge in [0.05, 0.1) is 0 Å². The van der Waals surface area contributed by atoms with E-state index in [2.05, 4.69) is 57.3 Å². The third-order valence-corrected chi connectivity index (χ3v) is 2.05. The minimum atomic E-state index is 0.506. The molecule has 0 unspecified atom stereocenters. The summed E-state index contributed by atoms with van der Waals surface area (Å²) >= 11 is 0. The highest BCUT2D eigenvalue weighted by molar-refractivity contribution is 5.45. The molecule has 1 aromatic carbocycles. The number of nitrogens with one attached hydrogen (secondary N) is 1. The van der Waals surface area contributed by atoms with Crippen LogP contribution in [0.4, 0.5) is 5.69 Å². The lowest BCUT2D eigenvalue weighted by Crippen LogP contribution is -2.09. The molecule has 1 rings (SSSR count). The van der Waals surface area contributed by atoms with Crippen LogP contribution in [0.3, 0.4) is 0 Å². The van der Waals surface area contributed by atoms with Gasteiger partial charge in [0.25, 0.3) is 0 Å². The fourth-order valence-corrected chi connectivity index (χ4v) is 1.54. The van der Waals surface area contributed by atoms with Gasteiger partial charge in [-0.25, -0.2) is 0 Å². The Morgan fingerprint density at radius 1 is 1.00 bits per heavy atom. The molecule has 14 heavy (non-hydrogen) atoms. The molecule has 0 aliphatic carbocycles. The Kier molecular flexibility index (Phi) is 3.99. The number of hydrogen-bond acceptors (Lipinski definition) is 1. The van der Waals surface area contributed by atoms with Crippen LogP contribution >= 0.6 is 0 Å². The molecule has 0 aliphatic heterocycles. The van der Waals surface area contributed by atoms with Crippen LogP contribution < -0.4 is 5.32 Å². The van der Waals surface area contributed by atoms with Crippen molar-refractivity contribution in [3.63, 3.8) is 0 Å². The Morgan fingerprint density at radius 2 is 1.57 bits per heavy atom. The van der Waals surface area contributed by atoms with Crippen LogP contribution in [-0.2, 0) is 6.42 Å². The first kappa shape index (κ1) is 11.1. The lowest BCUT2D eigenvalue weighted by molar-refractivity contribution is 0.647. The molecule has 0 amide bonds. The van der Waals surface area contributed by atoms with E-state index < -0.39 is 0 Å². The van der Waals surface area contributed by atoms with E-state index in [4.69, 9.17) is 0 Å². The van der Waals surface area contributed by atoms with Crippen molar-refractivity contribution < 1.29 is 0 Å². The highest BCUT2D eigenvalue weighted by Crippen LogP contribution is 2.13. The topological polar surface area (TPSA) is 12.0 Å². The van der Waals surface area contributed by atoms with Gasteiger partial charge in [0, 0.05) is 11.7 Å². The maximum absolute atomic E-state index is 3.39. The van der Waals surface area contributed by atoms with Crippen LogP contribution in [0.5, 0.6) is 0 Å². The van der Waals surface area contributed by atoms with Crippen LogP contribution in [-0.4, -0.2) is 6.04 Å². The average Bonchev–Trinajstić information content (AvgIpc) is 2.06. The van der Waals surface area contributed by atoms with Crippen LogP contribution in [0.2, 0.25) is 0 Å². The van der Waals surface area contributed by atoms with E-state index >= 15 is 0 Å². The van der Waals surface area contributed by atoms with Gasteiger partial charge in [-0.1, -0.05) is 26.0 Å². The van der Waals surface area contributed by atoms with E-state index in [9.17, 15) is 0 Å². The first-order chi connectivity index (χ1) is 6.58. The molecule has 0 spiro atoms. The second-order valence-corrected chi connectivity index (χ2v) is 4.59. The Labute approximate surface area is 87.5 Å². The van der Waals surface area contributed by atoms with Crippen molar-refractivity contribution in [2.24, 2.45) is 5.92 Å². The van der Waals surface area contributed by atoms with Gasteiger partial charge in [0.15, 0.2) is 0 Å². The molecule has 0 atom stereocenters. The molecule has 0 heterocycles. The summed E-state index contributed by atoms with van der Waals surface area (Å²) in [5.74, 6) is 0.735. The summed E-state index contributed by atoms with van der Waals surface area (Å²) in [4.78, 5) is 0. The van der Waals surface area contributed by atoms with Gasteiger partial charge in [0.2, 0.25) is 0 Å². The Bertz CT molecular complexity index is 230. The summed E-state index contributed by atoms with van der Waals surface area (Å²) in [6.45, 7) is 8.81. The van der Waals surface area contributed by atoms with Crippen LogP contribution in [0.25, 0.3) is 0 Å². The van der Waals surface area contributed by atoms with Gasteiger partial charge in [-0.2, -0.15) is 0 Å². The first-order valence-electron chi connectivity index (χ1n) is 5.43. The molecule has 1 nitrogen and oxygen atoms in total. The molecular weight excluding hydrogens is 170 g/mol. The van der Waals surface area contributed by atoms with Crippen molar-refractivity contribution in [1.29, 1.82) is 0 Å². The smallest absolute Gasteiger partial charge is 0.0342 e. The van der Waals surface area contributed by atoms with Gasteiger partial charge in [-0.3, -0.25) is 0 Å². The molecule has 0 bridgehead atoms. The van der Waals surface area contributed by atoms with Crippen LogP contribution in [0, 0.1) is 5.92 Å². The van der Waals surface area contributed by atoms with Gasteiger partial charge >= 0.3 is 0 Å². The monoisotopic (exact) mass is 191 g/mol.